The maximum Gasteiger partial charge on any atom is 0.243 e. The zero-order valence-electron chi connectivity index (χ0n) is 16.9. The molecule has 0 spiro atoms. The smallest absolute Gasteiger partial charge is 0.243 e. The Labute approximate surface area is 178 Å². The Bertz CT molecular complexity index is 819. The SMILES string of the molecule is CC[C@@H](C(=O)NC1CCCC1)N(Cc1ccccc1Cl)C(=O)Cc1ccccc1. The molecular weight excluding hydrogens is 384 g/mol. The summed E-state index contributed by atoms with van der Waals surface area (Å²) in [5.74, 6) is -0.127. The normalized spacial score (nSPS) is 15.1. The van der Waals surface area contributed by atoms with Crippen LogP contribution in [0.25, 0.3) is 0 Å². The summed E-state index contributed by atoms with van der Waals surface area (Å²) in [7, 11) is 0. The van der Waals surface area contributed by atoms with E-state index in [4.69, 9.17) is 11.6 Å². The summed E-state index contributed by atoms with van der Waals surface area (Å²) in [6.07, 6.45) is 5.16. The Balaban J connectivity index is 1.82. The van der Waals surface area contributed by atoms with Gasteiger partial charge in [-0.25, -0.2) is 0 Å². The van der Waals surface area contributed by atoms with Crippen LogP contribution < -0.4 is 5.32 Å². The number of carbonyl (C=O) groups excluding carboxylic acids is 2. The van der Waals surface area contributed by atoms with Gasteiger partial charge in [0.25, 0.3) is 0 Å². The molecule has 2 amide bonds. The third-order valence-corrected chi connectivity index (χ3v) is 5.95. The van der Waals surface area contributed by atoms with Crippen molar-refractivity contribution in [1.29, 1.82) is 0 Å². The van der Waals surface area contributed by atoms with Crippen molar-refractivity contribution in [2.45, 2.75) is 64.1 Å². The lowest BCUT2D eigenvalue weighted by Crippen LogP contribution is -2.51. The molecular formula is C24H29ClN2O2. The van der Waals surface area contributed by atoms with Crippen molar-refractivity contribution in [2.75, 3.05) is 0 Å². The predicted octanol–water partition coefficient (Wildman–Crippen LogP) is 4.75. The predicted molar refractivity (Wildman–Crippen MR) is 117 cm³/mol. The molecule has 3 rings (SSSR count). The number of carbonyl (C=O) groups is 2. The largest absolute Gasteiger partial charge is 0.352 e. The summed E-state index contributed by atoms with van der Waals surface area (Å²) in [6, 6.07) is 16.9. The van der Waals surface area contributed by atoms with Crippen LogP contribution >= 0.6 is 11.6 Å². The summed E-state index contributed by atoms with van der Waals surface area (Å²) in [6.45, 7) is 2.27. The van der Waals surface area contributed by atoms with Crippen molar-refractivity contribution in [2.24, 2.45) is 0 Å². The lowest BCUT2D eigenvalue weighted by molar-refractivity contribution is -0.141. The van der Waals surface area contributed by atoms with Crippen molar-refractivity contribution >= 4 is 23.4 Å². The van der Waals surface area contributed by atoms with Gasteiger partial charge in [0.2, 0.25) is 11.8 Å². The van der Waals surface area contributed by atoms with Crippen LogP contribution in [0.1, 0.15) is 50.2 Å². The van der Waals surface area contributed by atoms with Gasteiger partial charge >= 0.3 is 0 Å². The van der Waals surface area contributed by atoms with Gasteiger partial charge in [-0.2, -0.15) is 0 Å². The molecule has 0 heterocycles. The molecule has 1 saturated carbocycles. The minimum atomic E-state index is -0.511. The molecule has 1 aliphatic rings. The first-order valence-electron chi connectivity index (χ1n) is 10.5. The average molecular weight is 413 g/mol. The third-order valence-electron chi connectivity index (χ3n) is 5.58. The van der Waals surface area contributed by atoms with E-state index in [9.17, 15) is 9.59 Å². The van der Waals surface area contributed by atoms with Gasteiger partial charge in [0.05, 0.1) is 6.42 Å². The molecule has 29 heavy (non-hydrogen) atoms. The fourth-order valence-electron chi connectivity index (χ4n) is 3.97. The monoisotopic (exact) mass is 412 g/mol. The highest BCUT2D eigenvalue weighted by molar-refractivity contribution is 6.31. The Kier molecular flexibility index (Phi) is 7.70. The van der Waals surface area contributed by atoms with Gasteiger partial charge in [-0.05, 0) is 36.5 Å². The van der Waals surface area contributed by atoms with Crippen molar-refractivity contribution < 1.29 is 9.59 Å². The molecule has 2 aromatic rings. The Morgan fingerprint density at radius 2 is 1.72 bits per heavy atom. The minimum Gasteiger partial charge on any atom is -0.352 e. The molecule has 1 atom stereocenters. The van der Waals surface area contributed by atoms with Gasteiger partial charge < -0.3 is 10.2 Å². The van der Waals surface area contributed by atoms with Crippen LogP contribution in [0.15, 0.2) is 54.6 Å². The number of rotatable bonds is 8. The van der Waals surface area contributed by atoms with Gasteiger partial charge in [-0.3, -0.25) is 9.59 Å². The number of hydrogen-bond acceptors (Lipinski definition) is 2. The lowest BCUT2D eigenvalue weighted by Gasteiger charge is -2.32. The zero-order chi connectivity index (χ0) is 20.6. The third kappa shape index (κ3) is 5.83. The lowest BCUT2D eigenvalue weighted by atomic mass is 10.1. The van der Waals surface area contributed by atoms with Crippen LogP contribution in [0, 0.1) is 0 Å². The molecule has 154 valence electrons. The van der Waals surface area contributed by atoms with E-state index in [0.29, 0.717) is 18.0 Å². The standard InChI is InChI=1S/C24H29ClN2O2/c1-2-22(24(29)26-20-13-7-8-14-20)27(17-19-12-6-9-15-21(19)25)23(28)16-18-10-4-3-5-11-18/h3-6,9-12,15,20,22H,2,7-8,13-14,16-17H2,1H3,(H,26,29)/t22-/m0/s1. The van der Waals surface area contributed by atoms with E-state index in [1.54, 1.807) is 4.90 Å². The maximum atomic E-state index is 13.3. The summed E-state index contributed by atoms with van der Waals surface area (Å²) in [5, 5.41) is 3.77. The summed E-state index contributed by atoms with van der Waals surface area (Å²) >= 11 is 6.36. The fraction of sp³-hybridized carbons (Fsp3) is 0.417. The first-order chi connectivity index (χ1) is 14.1. The zero-order valence-corrected chi connectivity index (χ0v) is 17.7. The van der Waals surface area contributed by atoms with Crippen LogP contribution in [0.3, 0.4) is 0 Å². The molecule has 5 heteroatoms. The molecule has 1 aliphatic carbocycles. The van der Waals surface area contributed by atoms with Crippen molar-refractivity contribution in [3.05, 3.63) is 70.7 Å². The van der Waals surface area contributed by atoms with Gasteiger partial charge in [0.1, 0.15) is 6.04 Å². The maximum absolute atomic E-state index is 13.3. The molecule has 0 bridgehead atoms. The van der Waals surface area contributed by atoms with Crippen LogP contribution in [0.4, 0.5) is 0 Å². The fourth-order valence-corrected chi connectivity index (χ4v) is 4.16. The van der Waals surface area contributed by atoms with Crippen molar-refractivity contribution in [1.82, 2.24) is 10.2 Å². The molecule has 0 aliphatic heterocycles. The van der Waals surface area contributed by atoms with Gasteiger partial charge in [-0.15, -0.1) is 0 Å². The molecule has 0 saturated heterocycles. The molecule has 0 radical (unpaired) electrons. The number of halogens is 1. The summed E-state index contributed by atoms with van der Waals surface area (Å²) in [5.41, 5.74) is 1.79. The van der Waals surface area contributed by atoms with Crippen LogP contribution in [0.2, 0.25) is 5.02 Å². The van der Waals surface area contributed by atoms with Gasteiger partial charge in [-0.1, -0.05) is 79.9 Å². The highest BCUT2D eigenvalue weighted by Crippen LogP contribution is 2.22. The van der Waals surface area contributed by atoms with Gasteiger partial charge in [0.15, 0.2) is 0 Å². The molecule has 1 N–H and O–H groups in total. The molecule has 0 unspecified atom stereocenters. The second-order valence-electron chi connectivity index (χ2n) is 7.69. The van der Waals surface area contributed by atoms with E-state index in [-0.39, 0.29) is 24.3 Å². The number of benzene rings is 2. The number of nitrogens with one attached hydrogen (secondary N) is 1. The van der Waals surface area contributed by atoms with Crippen molar-refractivity contribution in [3.8, 4) is 0 Å². The van der Waals surface area contributed by atoms with E-state index in [2.05, 4.69) is 5.32 Å². The van der Waals surface area contributed by atoms with Gasteiger partial charge in [0, 0.05) is 17.6 Å². The Morgan fingerprint density at radius 1 is 1.07 bits per heavy atom. The average Bonchev–Trinajstić information content (AvgIpc) is 3.23. The Hall–Kier alpha value is -2.33. The number of amides is 2. The Morgan fingerprint density at radius 3 is 2.38 bits per heavy atom. The van der Waals surface area contributed by atoms with Crippen molar-refractivity contribution in [3.63, 3.8) is 0 Å². The van der Waals surface area contributed by atoms with Crippen LogP contribution in [0.5, 0.6) is 0 Å². The van der Waals surface area contributed by atoms with E-state index in [0.717, 1.165) is 36.8 Å². The van der Waals surface area contributed by atoms with E-state index in [1.807, 2.05) is 61.5 Å². The number of nitrogens with zero attached hydrogens (tertiary/aromatic N) is 1. The quantitative estimate of drug-likeness (QED) is 0.680. The summed E-state index contributed by atoms with van der Waals surface area (Å²) in [4.78, 5) is 28.0. The van der Waals surface area contributed by atoms with Crippen LogP contribution in [-0.4, -0.2) is 28.8 Å². The minimum absolute atomic E-state index is 0.0622. The molecule has 0 aromatic heterocycles. The first kappa shape index (κ1) is 21.4. The molecule has 2 aromatic carbocycles. The van der Waals surface area contributed by atoms with E-state index in [1.165, 1.54) is 0 Å². The first-order valence-corrected chi connectivity index (χ1v) is 10.8. The second kappa shape index (κ2) is 10.4. The van der Waals surface area contributed by atoms with E-state index < -0.39 is 6.04 Å². The topological polar surface area (TPSA) is 49.4 Å². The molecule has 1 fully saturated rings. The van der Waals surface area contributed by atoms with Crippen LogP contribution in [-0.2, 0) is 22.6 Å². The summed E-state index contributed by atoms with van der Waals surface area (Å²) < 4.78 is 0. The second-order valence-corrected chi connectivity index (χ2v) is 8.10. The highest BCUT2D eigenvalue weighted by atomic mass is 35.5. The molecule has 4 nitrogen and oxygen atoms in total. The highest BCUT2D eigenvalue weighted by Gasteiger charge is 2.30. The number of hydrogen-bond donors (Lipinski definition) is 1. The van der Waals surface area contributed by atoms with E-state index >= 15 is 0 Å².